The minimum absolute atomic E-state index is 0.0289. The molecular weight excluding hydrogens is 318 g/mol. The lowest BCUT2D eigenvalue weighted by molar-refractivity contribution is -0.126. The molecule has 130 valence electrons. The molecule has 0 radical (unpaired) electrons. The molecule has 1 aromatic carbocycles. The minimum atomic E-state index is 0.0289. The number of carbonyl (C=O) groups is 1. The van der Waals surface area contributed by atoms with E-state index in [0.717, 1.165) is 42.0 Å². The number of hydrogen-bond acceptors (Lipinski definition) is 4. The Bertz CT molecular complexity index is 812. The van der Waals surface area contributed by atoms with Gasteiger partial charge in [0.15, 0.2) is 11.5 Å². The topological polar surface area (TPSA) is 56.6 Å². The van der Waals surface area contributed by atoms with E-state index < -0.39 is 0 Å². The van der Waals surface area contributed by atoms with Gasteiger partial charge < -0.3 is 14.4 Å². The van der Waals surface area contributed by atoms with E-state index in [-0.39, 0.29) is 11.9 Å². The van der Waals surface area contributed by atoms with Crippen molar-refractivity contribution < 1.29 is 14.3 Å². The van der Waals surface area contributed by atoms with E-state index in [9.17, 15) is 4.79 Å². The predicted molar refractivity (Wildman–Crippen MR) is 93.4 cm³/mol. The van der Waals surface area contributed by atoms with E-state index in [1.807, 2.05) is 42.4 Å². The van der Waals surface area contributed by atoms with Crippen LogP contribution in [0.2, 0.25) is 0 Å². The average molecular weight is 339 g/mol. The van der Waals surface area contributed by atoms with Gasteiger partial charge in [-0.1, -0.05) is 6.07 Å². The number of amides is 1. The van der Waals surface area contributed by atoms with Crippen LogP contribution in [0.25, 0.3) is 6.08 Å². The first-order chi connectivity index (χ1) is 12.2. The van der Waals surface area contributed by atoms with Crippen LogP contribution in [0.15, 0.2) is 36.7 Å². The van der Waals surface area contributed by atoms with Crippen LogP contribution in [0, 0.1) is 0 Å². The molecule has 2 aliphatic rings. The van der Waals surface area contributed by atoms with Gasteiger partial charge in [-0.2, -0.15) is 5.10 Å². The molecule has 0 saturated carbocycles. The molecule has 4 rings (SSSR count). The van der Waals surface area contributed by atoms with Gasteiger partial charge in [0.05, 0.1) is 12.2 Å². The molecule has 0 aliphatic carbocycles. The summed E-state index contributed by atoms with van der Waals surface area (Å²) in [5.41, 5.74) is 2.02. The highest BCUT2D eigenvalue weighted by Gasteiger charge is 2.29. The van der Waals surface area contributed by atoms with Crippen LogP contribution in [0.1, 0.15) is 30.0 Å². The Hall–Kier alpha value is -2.76. The van der Waals surface area contributed by atoms with Gasteiger partial charge in [0.25, 0.3) is 0 Å². The first kappa shape index (κ1) is 15.7. The zero-order valence-corrected chi connectivity index (χ0v) is 14.2. The van der Waals surface area contributed by atoms with Gasteiger partial charge >= 0.3 is 0 Å². The normalized spacial score (nSPS) is 19.6. The highest BCUT2D eigenvalue weighted by Crippen LogP contribution is 2.38. The third-order valence-corrected chi connectivity index (χ3v) is 4.63. The summed E-state index contributed by atoms with van der Waals surface area (Å²) in [6.45, 7) is 1.92. The second-order valence-electron chi connectivity index (χ2n) is 6.37. The molecule has 2 aromatic rings. The maximum atomic E-state index is 12.7. The first-order valence-electron chi connectivity index (χ1n) is 8.57. The Balaban J connectivity index is 1.52. The van der Waals surface area contributed by atoms with Crippen molar-refractivity contribution in [1.82, 2.24) is 14.7 Å². The Morgan fingerprint density at radius 2 is 2.12 bits per heavy atom. The molecular formula is C19H21N3O3. The lowest BCUT2D eigenvalue weighted by Gasteiger charge is -2.26. The second kappa shape index (κ2) is 6.63. The Morgan fingerprint density at radius 1 is 1.28 bits per heavy atom. The molecule has 1 fully saturated rings. The van der Waals surface area contributed by atoms with Crippen molar-refractivity contribution in [2.45, 2.75) is 18.9 Å². The minimum Gasteiger partial charge on any atom is -0.486 e. The smallest absolute Gasteiger partial charge is 0.247 e. The van der Waals surface area contributed by atoms with Crippen LogP contribution in [0.5, 0.6) is 11.5 Å². The number of ether oxygens (including phenoxy) is 2. The summed E-state index contributed by atoms with van der Waals surface area (Å²) in [4.78, 5) is 14.6. The number of rotatable bonds is 3. The fourth-order valence-electron chi connectivity index (χ4n) is 3.43. The average Bonchev–Trinajstić information content (AvgIpc) is 3.28. The number of aryl methyl sites for hydroxylation is 1. The maximum absolute atomic E-state index is 12.7. The molecule has 3 heterocycles. The molecule has 1 amide bonds. The first-order valence-corrected chi connectivity index (χ1v) is 8.57. The highest BCUT2D eigenvalue weighted by molar-refractivity contribution is 5.92. The summed E-state index contributed by atoms with van der Waals surface area (Å²) >= 11 is 0. The molecule has 1 atom stereocenters. The molecule has 0 bridgehead atoms. The van der Waals surface area contributed by atoms with Gasteiger partial charge in [-0.05, 0) is 36.6 Å². The van der Waals surface area contributed by atoms with Crippen molar-refractivity contribution in [3.63, 3.8) is 0 Å². The number of fused-ring (bicyclic) bond motifs is 1. The number of likely N-dealkylation sites (tertiary alicyclic amines) is 1. The van der Waals surface area contributed by atoms with E-state index in [1.165, 1.54) is 0 Å². The van der Waals surface area contributed by atoms with Crippen LogP contribution in [-0.4, -0.2) is 40.3 Å². The summed E-state index contributed by atoms with van der Waals surface area (Å²) in [5, 5.41) is 4.11. The molecule has 0 N–H and O–H groups in total. The SMILES string of the molecule is Cn1cc(/C=C/C(=O)N2CCC[C@@H]2c2ccc3c(c2)OCCO3)cn1. The highest BCUT2D eigenvalue weighted by atomic mass is 16.6. The van der Waals surface area contributed by atoms with Crippen LogP contribution in [0.3, 0.4) is 0 Å². The molecule has 6 heteroatoms. The van der Waals surface area contributed by atoms with Crippen LogP contribution in [-0.2, 0) is 11.8 Å². The predicted octanol–water partition coefficient (Wildman–Crippen LogP) is 2.57. The lowest BCUT2D eigenvalue weighted by atomic mass is 10.0. The number of hydrogen-bond donors (Lipinski definition) is 0. The standard InChI is InChI=1S/C19H21N3O3/c1-21-13-14(12-20-21)4-7-19(23)22-8-2-3-16(22)15-5-6-17-18(11-15)25-10-9-24-17/h4-7,11-13,16H,2-3,8-10H2,1H3/b7-4+/t16-/m1/s1. The molecule has 2 aliphatic heterocycles. The lowest BCUT2D eigenvalue weighted by Crippen LogP contribution is -2.29. The number of nitrogens with zero attached hydrogens (tertiary/aromatic N) is 3. The number of benzene rings is 1. The van der Waals surface area contributed by atoms with Crippen molar-refractivity contribution in [1.29, 1.82) is 0 Å². The van der Waals surface area contributed by atoms with Crippen molar-refractivity contribution in [2.75, 3.05) is 19.8 Å². The fourth-order valence-corrected chi connectivity index (χ4v) is 3.43. The fraction of sp³-hybridized carbons (Fsp3) is 0.368. The van der Waals surface area contributed by atoms with Crippen molar-refractivity contribution >= 4 is 12.0 Å². The molecule has 0 unspecified atom stereocenters. The number of aromatic nitrogens is 2. The molecule has 0 spiro atoms. The summed E-state index contributed by atoms with van der Waals surface area (Å²) in [6.07, 6.45) is 9.04. The Morgan fingerprint density at radius 3 is 2.92 bits per heavy atom. The van der Waals surface area contributed by atoms with E-state index in [4.69, 9.17) is 9.47 Å². The Labute approximate surface area is 146 Å². The zero-order valence-electron chi connectivity index (χ0n) is 14.2. The summed E-state index contributed by atoms with van der Waals surface area (Å²) < 4.78 is 13.0. The van der Waals surface area contributed by atoms with Crippen molar-refractivity contribution in [2.24, 2.45) is 7.05 Å². The maximum Gasteiger partial charge on any atom is 0.247 e. The summed E-state index contributed by atoms with van der Waals surface area (Å²) in [5.74, 6) is 1.58. The van der Waals surface area contributed by atoms with E-state index in [2.05, 4.69) is 5.10 Å². The molecule has 6 nitrogen and oxygen atoms in total. The van der Waals surface area contributed by atoms with Crippen LogP contribution < -0.4 is 9.47 Å². The van der Waals surface area contributed by atoms with Crippen molar-refractivity contribution in [3.05, 3.63) is 47.8 Å². The third-order valence-electron chi connectivity index (χ3n) is 4.63. The van der Waals surface area contributed by atoms with Crippen LogP contribution in [0.4, 0.5) is 0 Å². The van der Waals surface area contributed by atoms with Crippen LogP contribution >= 0.6 is 0 Å². The van der Waals surface area contributed by atoms with Gasteiger partial charge in [-0.25, -0.2) is 0 Å². The van der Waals surface area contributed by atoms with E-state index in [1.54, 1.807) is 17.0 Å². The van der Waals surface area contributed by atoms with E-state index >= 15 is 0 Å². The molecule has 25 heavy (non-hydrogen) atoms. The third kappa shape index (κ3) is 3.24. The van der Waals surface area contributed by atoms with E-state index in [0.29, 0.717) is 13.2 Å². The number of carbonyl (C=O) groups excluding carboxylic acids is 1. The zero-order chi connectivity index (χ0) is 17.2. The largest absolute Gasteiger partial charge is 0.486 e. The summed E-state index contributed by atoms with van der Waals surface area (Å²) in [7, 11) is 1.86. The van der Waals surface area contributed by atoms with Gasteiger partial charge in [-0.15, -0.1) is 0 Å². The van der Waals surface area contributed by atoms with Gasteiger partial charge in [0.2, 0.25) is 5.91 Å². The summed E-state index contributed by atoms with van der Waals surface area (Å²) in [6, 6.07) is 6.07. The van der Waals surface area contributed by atoms with Crippen molar-refractivity contribution in [3.8, 4) is 11.5 Å². The quantitative estimate of drug-likeness (QED) is 0.807. The van der Waals surface area contributed by atoms with Gasteiger partial charge in [-0.3, -0.25) is 9.48 Å². The van der Waals surface area contributed by atoms with Gasteiger partial charge in [0, 0.05) is 31.4 Å². The molecule has 1 aromatic heterocycles. The second-order valence-corrected chi connectivity index (χ2v) is 6.37. The molecule has 1 saturated heterocycles. The monoisotopic (exact) mass is 339 g/mol. The Kier molecular flexibility index (Phi) is 4.17. The van der Waals surface area contributed by atoms with Gasteiger partial charge in [0.1, 0.15) is 13.2 Å².